The Labute approximate surface area is 162 Å². The lowest BCUT2D eigenvalue weighted by Crippen LogP contribution is -2.30. The van der Waals surface area contributed by atoms with Crippen molar-refractivity contribution in [2.24, 2.45) is 0 Å². The zero-order chi connectivity index (χ0) is 20.3. The number of nitrogens with one attached hydrogen (secondary N) is 2. The van der Waals surface area contributed by atoms with Crippen molar-refractivity contribution in [3.05, 3.63) is 81.5 Å². The lowest BCUT2D eigenvalue weighted by molar-refractivity contribution is -0.116. The number of carbonyl (C=O) groups is 1. The van der Waals surface area contributed by atoms with Crippen molar-refractivity contribution in [3.63, 3.8) is 0 Å². The quantitative estimate of drug-likeness (QED) is 0.708. The van der Waals surface area contributed by atoms with E-state index < -0.39 is 11.7 Å². The molecule has 3 aromatic rings. The summed E-state index contributed by atoms with van der Waals surface area (Å²) in [6, 6.07) is 13.4. The average Bonchev–Trinajstić information content (AvgIpc) is 2.61. The molecule has 0 bridgehead atoms. The second-order valence-corrected chi connectivity index (χ2v) is 6.65. The van der Waals surface area contributed by atoms with Crippen LogP contribution in [0.5, 0.6) is 0 Å². The Morgan fingerprint density at radius 2 is 1.86 bits per heavy atom. The van der Waals surface area contributed by atoms with E-state index in [-0.39, 0.29) is 18.1 Å². The number of amides is 1. The van der Waals surface area contributed by atoms with Gasteiger partial charge in [0.05, 0.1) is 0 Å². The zero-order valence-electron chi connectivity index (χ0n) is 15.9. The van der Waals surface area contributed by atoms with Crippen LogP contribution in [0.2, 0.25) is 0 Å². The molecule has 6 nitrogen and oxygen atoms in total. The summed E-state index contributed by atoms with van der Waals surface area (Å²) in [5.74, 6) is -0.599. The minimum Gasteiger partial charge on any atom is -0.326 e. The first-order valence-electron chi connectivity index (χ1n) is 8.80. The van der Waals surface area contributed by atoms with Gasteiger partial charge in [-0.1, -0.05) is 18.2 Å². The van der Waals surface area contributed by atoms with Gasteiger partial charge in [-0.3, -0.25) is 14.2 Å². The number of benzene rings is 2. The Kier molecular flexibility index (Phi) is 5.54. The zero-order valence-corrected chi connectivity index (χ0v) is 15.9. The average molecular weight is 380 g/mol. The van der Waals surface area contributed by atoms with Crippen molar-refractivity contribution in [3.8, 4) is 0 Å². The molecule has 28 heavy (non-hydrogen) atoms. The number of carbonyl (C=O) groups excluding carboxylic acids is 1. The van der Waals surface area contributed by atoms with Crippen LogP contribution in [0.1, 0.15) is 16.8 Å². The third-order valence-electron chi connectivity index (χ3n) is 4.17. The normalized spacial score (nSPS) is 10.6. The second kappa shape index (κ2) is 8.04. The molecule has 1 amide bonds. The van der Waals surface area contributed by atoms with Crippen LogP contribution in [0.25, 0.3) is 0 Å². The first-order valence-corrected chi connectivity index (χ1v) is 8.80. The highest BCUT2D eigenvalue weighted by molar-refractivity contribution is 5.90. The number of anilines is 3. The van der Waals surface area contributed by atoms with Gasteiger partial charge in [0, 0.05) is 23.1 Å². The molecule has 2 aromatic carbocycles. The minimum absolute atomic E-state index is 0.254. The molecular formula is C21H21FN4O2. The van der Waals surface area contributed by atoms with Crippen LogP contribution in [-0.2, 0) is 11.3 Å². The molecule has 0 aliphatic heterocycles. The van der Waals surface area contributed by atoms with Crippen molar-refractivity contribution < 1.29 is 9.18 Å². The highest BCUT2D eigenvalue weighted by Crippen LogP contribution is 2.16. The number of aromatic nitrogens is 2. The SMILES string of the molecule is Cc1cccc(Nc2nc(C)cc(=O)n2CC(=O)Nc2ccc(C)c(F)c2)c1. The molecule has 0 aliphatic carbocycles. The molecule has 2 N–H and O–H groups in total. The Hall–Kier alpha value is -3.48. The van der Waals surface area contributed by atoms with Gasteiger partial charge in [-0.2, -0.15) is 0 Å². The van der Waals surface area contributed by atoms with Crippen LogP contribution in [0.15, 0.2) is 53.3 Å². The largest absolute Gasteiger partial charge is 0.326 e. The summed E-state index contributed by atoms with van der Waals surface area (Å²) < 4.78 is 14.9. The van der Waals surface area contributed by atoms with Crippen LogP contribution in [0.4, 0.5) is 21.7 Å². The van der Waals surface area contributed by atoms with E-state index in [1.807, 2.05) is 31.2 Å². The Morgan fingerprint density at radius 3 is 2.57 bits per heavy atom. The molecule has 1 aromatic heterocycles. The van der Waals surface area contributed by atoms with Gasteiger partial charge >= 0.3 is 0 Å². The standard InChI is InChI=1S/C21H21FN4O2/c1-13-5-4-6-16(9-13)25-21-23-15(3)10-20(28)26(21)12-19(27)24-17-8-7-14(2)18(22)11-17/h4-11H,12H2,1-3H3,(H,23,25)(H,24,27). The molecule has 0 spiro atoms. The molecule has 3 rings (SSSR count). The lowest BCUT2D eigenvalue weighted by Gasteiger charge is -2.14. The van der Waals surface area contributed by atoms with E-state index in [9.17, 15) is 14.0 Å². The summed E-state index contributed by atoms with van der Waals surface area (Å²) >= 11 is 0. The van der Waals surface area contributed by atoms with E-state index in [2.05, 4.69) is 15.6 Å². The first kappa shape index (κ1) is 19.3. The van der Waals surface area contributed by atoms with Crippen LogP contribution in [0, 0.1) is 26.6 Å². The third-order valence-corrected chi connectivity index (χ3v) is 4.17. The summed E-state index contributed by atoms with van der Waals surface area (Å²) in [7, 11) is 0. The van der Waals surface area contributed by atoms with E-state index in [0.717, 1.165) is 11.3 Å². The molecular weight excluding hydrogens is 359 g/mol. The van der Waals surface area contributed by atoms with Crippen LogP contribution >= 0.6 is 0 Å². The molecule has 0 saturated carbocycles. The Bertz CT molecular complexity index is 1090. The smallest absolute Gasteiger partial charge is 0.255 e. The predicted molar refractivity (Wildman–Crippen MR) is 107 cm³/mol. The fourth-order valence-electron chi connectivity index (χ4n) is 2.74. The minimum atomic E-state index is -0.455. The van der Waals surface area contributed by atoms with Gasteiger partial charge in [-0.15, -0.1) is 0 Å². The summed E-state index contributed by atoms with van der Waals surface area (Å²) in [4.78, 5) is 29.2. The maximum absolute atomic E-state index is 13.7. The molecule has 0 aliphatic rings. The summed E-state index contributed by atoms with van der Waals surface area (Å²) in [5.41, 5.74) is 2.80. The van der Waals surface area contributed by atoms with Crippen molar-refractivity contribution in [2.45, 2.75) is 27.3 Å². The van der Waals surface area contributed by atoms with E-state index in [4.69, 9.17) is 0 Å². The summed E-state index contributed by atoms with van der Waals surface area (Å²) in [5, 5.41) is 5.70. The van der Waals surface area contributed by atoms with E-state index in [1.54, 1.807) is 26.0 Å². The molecule has 0 fully saturated rings. The third kappa shape index (κ3) is 4.62. The summed E-state index contributed by atoms with van der Waals surface area (Å²) in [6.07, 6.45) is 0. The van der Waals surface area contributed by atoms with Crippen molar-refractivity contribution in [1.29, 1.82) is 0 Å². The van der Waals surface area contributed by atoms with Crippen LogP contribution in [0.3, 0.4) is 0 Å². The Morgan fingerprint density at radius 1 is 1.07 bits per heavy atom. The molecule has 0 saturated heterocycles. The number of aryl methyl sites for hydroxylation is 3. The van der Waals surface area contributed by atoms with Gasteiger partial charge in [0.1, 0.15) is 12.4 Å². The fourth-order valence-corrected chi connectivity index (χ4v) is 2.74. The van der Waals surface area contributed by atoms with Gasteiger partial charge in [0.25, 0.3) is 5.56 Å². The molecule has 0 radical (unpaired) electrons. The van der Waals surface area contributed by atoms with Crippen molar-refractivity contribution >= 4 is 23.2 Å². The van der Waals surface area contributed by atoms with Gasteiger partial charge in [0.15, 0.2) is 0 Å². The molecule has 0 unspecified atom stereocenters. The Balaban J connectivity index is 1.85. The number of hydrogen-bond donors (Lipinski definition) is 2. The van der Waals surface area contributed by atoms with E-state index in [1.165, 1.54) is 16.7 Å². The maximum Gasteiger partial charge on any atom is 0.255 e. The van der Waals surface area contributed by atoms with Gasteiger partial charge in [-0.25, -0.2) is 9.37 Å². The van der Waals surface area contributed by atoms with Crippen molar-refractivity contribution in [1.82, 2.24) is 9.55 Å². The predicted octanol–water partition coefficient (Wildman–Crippen LogP) is 3.69. The maximum atomic E-state index is 13.7. The van der Waals surface area contributed by atoms with Crippen LogP contribution < -0.4 is 16.2 Å². The first-order chi connectivity index (χ1) is 13.3. The molecule has 0 atom stereocenters. The number of halogens is 1. The fraction of sp³-hybridized carbons (Fsp3) is 0.190. The second-order valence-electron chi connectivity index (χ2n) is 6.65. The van der Waals surface area contributed by atoms with Crippen LogP contribution in [-0.4, -0.2) is 15.5 Å². The highest BCUT2D eigenvalue weighted by Gasteiger charge is 2.13. The van der Waals surface area contributed by atoms with Gasteiger partial charge in [0.2, 0.25) is 11.9 Å². The van der Waals surface area contributed by atoms with E-state index in [0.29, 0.717) is 16.9 Å². The molecule has 144 valence electrons. The van der Waals surface area contributed by atoms with Crippen molar-refractivity contribution in [2.75, 3.05) is 10.6 Å². The van der Waals surface area contributed by atoms with Gasteiger partial charge in [-0.05, 0) is 56.2 Å². The number of rotatable bonds is 5. The monoisotopic (exact) mass is 380 g/mol. The topological polar surface area (TPSA) is 76.0 Å². The number of nitrogens with zero attached hydrogens (tertiary/aromatic N) is 2. The van der Waals surface area contributed by atoms with Gasteiger partial charge < -0.3 is 10.6 Å². The molecule has 1 heterocycles. The summed E-state index contributed by atoms with van der Waals surface area (Å²) in [6.45, 7) is 5.05. The highest BCUT2D eigenvalue weighted by atomic mass is 19.1. The molecule has 7 heteroatoms. The lowest BCUT2D eigenvalue weighted by atomic mass is 10.2. The van der Waals surface area contributed by atoms with E-state index >= 15 is 0 Å². The number of hydrogen-bond acceptors (Lipinski definition) is 4.